The lowest BCUT2D eigenvalue weighted by atomic mass is 10.1. The molecule has 1 aliphatic rings. The third kappa shape index (κ3) is 5.61. The first-order valence-corrected chi connectivity index (χ1v) is 7.86. The number of nitrogens with zero attached hydrogens (tertiary/aromatic N) is 2. The van der Waals surface area contributed by atoms with E-state index in [2.05, 4.69) is 40.1 Å². The van der Waals surface area contributed by atoms with Crippen molar-refractivity contribution in [2.45, 2.75) is 25.8 Å². The number of methoxy groups -OCH3 is 1. The van der Waals surface area contributed by atoms with Crippen molar-refractivity contribution in [2.75, 3.05) is 46.4 Å². The zero-order valence-corrected chi connectivity index (χ0v) is 12.8. The highest BCUT2D eigenvalue weighted by Gasteiger charge is 2.12. The third-order valence-corrected chi connectivity index (χ3v) is 4.04. The second kappa shape index (κ2) is 9.11. The topological polar surface area (TPSA) is 15.7 Å². The van der Waals surface area contributed by atoms with Crippen LogP contribution in [0.15, 0.2) is 30.3 Å². The molecule has 0 spiro atoms. The zero-order chi connectivity index (χ0) is 14.0. The van der Waals surface area contributed by atoms with Crippen molar-refractivity contribution < 1.29 is 4.74 Å². The zero-order valence-electron chi connectivity index (χ0n) is 12.8. The molecule has 1 fully saturated rings. The highest BCUT2D eigenvalue weighted by molar-refractivity contribution is 5.14. The van der Waals surface area contributed by atoms with Crippen LogP contribution in [-0.2, 0) is 11.3 Å². The highest BCUT2D eigenvalue weighted by Crippen LogP contribution is 2.09. The molecule has 0 radical (unpaired) electrons. The Morgan fingerprint density at radius 3 is 2.50 bits per heavy atom. The van der Waals surface area contributed by atoms with E-state index >= 15 is 0 Å². The molecule has 2 rings (SSSR count). The maximum atomic E-state index is 5.25. The van der Waals surface area contributed by atoms with Gasteiger partial charge in [-0.3, -0.25) is 4.90 Å². The van der Waals surface area contributed by atoms with Crippen LogP contribution in [0, 0.1) is 0 Å². The molecule has 0 atom stereocenters. The van der Waals surface area contributed by atoms with Crippen LogP contribution in [0.5, 0.6) is 0 Å². The summed E-state index contributed by atoms with van der Waals surface area (Å²) in [6.45, 7) is 7.74. The molecule has 3 nitrogen and oxygen atoms in total. The van der Waals surface area contributed by atoms with E-state index in [1.807, 2.05) is 0 Å². The maximum Gasteiger partial charge on any atom is 0.0589 e. The van der Waals surface area contributed by atoms with E-state index in [0.29, 0.717) is 0 Å². The largest absolute Gasteiger partial charge is 0.383 e. The van der Waals surface area contributed by atoms with E-state index in [9.17, 15) is 0 Å². The van der Waals surface area contributed by atoms with E-state index in [1.54, 1.807) is 7.11 Å². The molecule has 20 heavy (non-hydrogen) atoms. The summed E-state index contributed by atoms with van der Waals surface area (Å²) in [7, 11) is 1.78. The normalized spacial score (nSPS) is 16.7. The third-order valence-electron chi connectivity index (χ3n) is 4.04. The fourth-order valence-corrected chi connectivity index (χ4v) is 2.80. The Balaban J connectivity index is 1.79. The molecular formula is C17H28N2O. The molecule has 0 aliphatic carbocycles. The molecular weight excluding hydrogens is 248 g/mol. The Bertz CT molecular complexity index is 349. The SMILES string of the molecule is COCCN(CCN1CCCCC1)Cc1ccccc1. The second-order valence-corrected chi connectivity index (χ2v) is 5.66. The summed E-state index contributed by atoms with van der Waals surface area (Å²) in [5.41, 5.74) is 1.39. The predicted octanol–water partition coefficient (Wildman–Crippen LogP) is 2.62. The minimum Gasteiger partial charge on any atom is -0.383 e. The first-order valence-electron chi connectivity index (χ1n) is 7.86. The van der Waals surface area contributed by atoms with Gasteiger partial charge >= 0.3 is 0 Å². The highest BCUT2D eigenvalue weighted by atomic mass is 16.5. The summed E-state index contributed by atoms with van der Waals surface area (Å²) < 4.78 is 5.25. The smallest absolute Gasteiger partial charge is 0.0589 e. The van der Waals surface area contributed by atoms with Crippen molar-refractivity contribution in [3.05, 3.63) is 35.9 Å². The van der Waals surface area contributed by atoms with Gasteiger partial charge in [0, 0.05) is 33.3 Å². The van der Waals surface area contributed by atoms with Crippen molar-refractivity contribution >= 4 is 0 Å². The van der Waals surface area contributed by atoms with Crippen LogP contribution < -0.4 is 0 Å². The molecule has 3 heteroatoms. The second-order valence-electron chi connectivity index (χ2n) is 5.66. The van der Waals surface area contributed by atoms with Crippen LogP contribution in [-0.4, -0.2) is 56.2 Å². The summed E-state index contributed by atoms with van der Waals surface area (Å²) in [5.74, 6) is 0. The number of hydrogen-bond acceptors (Lipinski definition) is 3. The lowest BCUT2D eigenvalue weighted by Crippen LogP contribution is -2.38. The van der Waals surface area contributed by atoms with Gasteiger partial charge in [0.2, 0.25) is 0 Å². The van der Waals surface area contributed by atoms with Crippen molar-refractivity contribution in [1.82, 2.24) is 9.80 Å². The quantitative estimate of drug-likeness (QED) is 0.726. The van der Waals surface area contributed by atoms with Gasteiger partial charge in [0.05, 0.1) is 6.61 Å². The standard InChI is InChI=1S/C17H28N2O/c1-20-15-14-19(16-17-8-4-2-5-9-17)13-12-18-10-6-3-7-11-18/h2,4-5,8-9H,3,6-7,10-16H2,1H3. The van der Waals surface area contributed by atoms with Gasteiger partial charge in [-0.15, -0.1) is 0 Å². The summed E-state index contributed by atoms with van der Waals surface area (Å²) in [5, 5.41) is 0. The maximum absolute atomic E-state index is 5.25. The molecule has 0 unspecified atom stereocenters. The van der Waals surface area contributed by atoms with E-state index in [-0.39, 0.29) is 0 Å². The van der Waals surface area contributed by atoms with Crippen LogP contribution in [0.2, 0.25) is 0 Å². The van der Waals surface area contributed by atoms with Crippen molar-refractivity contribution in [3.63, 3.8) is 0 Å². The molecule has 0 aromatic heterocycles. The number of ether oxygens (including phenoxy) is 1. The van der Waals surface area contributed by atoms with Crippen molar-refractivity contribution in [3.8, 4) is 0 Å². The molecule has 0 N–H and O–H groups in total. The predicted molar refractivity (Wildman–Crippen MR) is 83.9 cm³/mol. The number of hydrogen-bond donors (Lipinski definition) is 0. The van der Waals surface area contributed by atoms with Gasteiger partial charge in [0.15, 0.2) is 0 Å². The van der Waals surface area contributed by atoms with Gasteiger partial charge in [-0.1, -0.05) is 36.8 Å². The Morgan fingerprint density at radius 1 is 1.05 bits per heavy atom. The Morgan fingerprint density at radius 2 is 1.80 bits per heavy atom. The molecule has 1 heterocycles. The Kier molecular flexibility index (Phi) is 7.06. The number of benzene rings is 1. The Hall–Kier alpha value is -0.900. The summed E-state index contributed by atoms with van der Waals surface area (Å²) in [6.07, 6.45) is 4.15. The van der Waals surface area contributed by atoms with Gasteiger partial charge < -0.3 is 9.64 Å². The van der Waals surface area contributed by atoms with E-state index in [0.717, 1.165) is 26.2 Å². The van der Waals surface area contributed by atoms with Crippen LogP contribution in [0.25, 0.3) is 0 Å². The molecule has 1 aliphatic heterocycles. The van der Waals surface area contributed by atoms with Gasteiger partial charge in [-0.2, -0.15) is 0 Å². The molecule has 0 bridgehead atoms. The molecule has 1 aromatic carbocycles. The lowest BCUT2D eigenvalue weighted by Gasteiger charge is -2.30. The van der Waals surface area contributed by atoms with E-state index < -0.39 is 0 Å². The molecule has 1 aromatic rings. The number of rotatable bonds is 8. The average molecular weight is 276 g/mol. The van der Waals surface area contributed by atoms with E-state index in [1.165, 1.54) is 44.5 Å². The summed E-state index contributed by atoms with van der Waals surface area (Å²) in [4.78, 5) is 5.11. The van der Waals surface area contributed by atoms with Crippen LogP contribution in [0.1, 0.15) is 24.8 Å². The lowest BCUT2D eigenvalue weighted by molar-refractivity contribution is 0.127. The summed E-state index contributed by atoms with van der Waals surface area (Å²) >= 11 is 0. The average Bonchev–Trinajstić information content (AvgIpc) is 2.52. The number of piperidine rings is 1. The first-order chi connectivity index (χ1) is 9.88. The minimum atomic E-state index is 0.812. The van der Waals surface area contributed by atoms with Gasteiger partial charge in [0.1, 0.15) is 0 Å². The molecule has 1 saturated heterocycles. The fraction of sp³-hybridized carbons (Fsp3) is 0.647. The van der Waals surface area contributed by atoms with Crippen molar-refractivity contribution in [2.24, 2.45) is 0 Å². The van der Waals surface area contributed by atoms with Gasteiger partial charge in [0.25, 0.3) is 0 Å². The van der Waals surface area contributed by atoms with E-state index in [4.69, 9.17) is 4.74 Å². The monoisotopic (exact) mass is 276 g/mol. The molecule has 0 saturated carbocycles. The number of likely N-dealkylation sites (tertiary alicyclic amines) is 1. The fourth-order valence-electron chi connectivity index (χ4n) is 2.80. The Labute approximate surface area is 123 Å². The first kappa shape index (κ1) is 15.5. The minimum absolute atomic E-state index is 0.812. The van der Waals surface area contributed by atoms with Gasteiger partial charge in [-0.25, -0.2) is 0 Å². The van der Waals surface area contributed by atoms with Gasteiger partial charge in [-0.05, 0) is 31.5 Å². The summed E-state index contributed by atoms with van der Waals surface area (Å²) in [6, 6.07) is 10.7. The molecule has 112 valence electrons. The van der Waals surface area contributed by atoms with Crippen LogP contribution in [0.3, 0.4) is 0 Å². The van der Waals surface area contributed by atoms with Crippen LogP contribution in [0.4, 0.5) is 0 Å². The molecule has 0 amide bonds. The van der Waals surface area contributed by atoms with Crippen LogP contribution >= 0.6 is 0 Å². The van der Waals surface area contributed by atoms with Crippen molar-refractivity contribution in [1.29, 1.82) is 0 Å².